The predicted octanol–water partition coefficient (Wildman–Crippen LogP) is 1.57. The Kier molecular flexibility index (Phi) is 4.30. The maximum Gasteiger partial charge on any atom is 0.234 e. The second kappa shape index (κ2) is 5.50. The van der Waals surface area contributed by atoms with Crippen LogP contribution in [0.25, 0.3) is 0 Å². The Hall–Kier alpha value is -1.36. The van der Waals surface area contributed by atoms with E-state index in [9.17, 15) is 4.79 Å². The minimum atomic E-state index is -0.179. The van der Waals surface area contributed by atoms with Crippen LogP contribution in [-0.2, 0) is 4.79 Å². The maximum absolute atomic E-state index is 11.1. The molecule has 1 amide bonds. The van der Waals surface area contributed by atoms with Gasteiger partial charge in [-0.05, 0) is 12.1 Å². The molecule has 0 fully saturated rings. The number of amides is 1. The molecule has 0 spiro atoms. The van der Waals surface area contributed by atoms with E-state index in [1.807, 2.05) is 0 Å². The smallest absolute Gasteiger partial charge is 0.234 e. The van der Waals surface area contributed by atoms with E-state index in [1.165, 1.54) is 7.11 Å². The van der Waals surface area contributed by atoms with Gasteiger partial charge in [0.1, 0.15) is 11.5 Å². The number of carbonyl (C=O) groups excluding carboxylic acids is 1. The van der Waals surface area contributed by atoms with Crippen LogP contribution in [0.1, 0.15) is 0 Å². The van der Waals surface area contributed by atoms with E-state index >= 15 is 0 Å². The molecular weight excluding hydrogens is 214 g/mol. The average molecular weight is 227 g/mol. The summed E-state index contributed by atoms with van der Waals surface area (Å²) in [5.74, 6) is 1.19. The van der Waals surface area contributed by atoms with Crippen molar-refractivity contribution in [1.82, 2.24) is 0 Å². The van der Waals surface area contributed by atoms with Crippen LogP contribution in [-0.4, -0.2) is 25.9 Å². The summed E-state index contributed by atoms with van der Waals surface area (Å²) in [7, 11) is 3.10. The predicted molar refractivity (Wildman–Crippen MR) is 62.0 cm³/mol. The van der Waals surface area contributed by atoms with Gasteiger partial charge in [-0.3, -0.25) is 4.79 Å². The highest BCUT2D eigenvalue weighted by molar-refractivity contribution is 7.81. The molecule has 1 aromatic rings. The summed E-state index contributed by atoms with van der Waals surface area (Å²) >= 11 is 3.87. The molecular formula is C10H13NO3S. The van der Waals surface area contributed by atoms with Crippen molar-refractivity contribution in [2.75, 3.05) is 25.3 Å². The van der Waals surface area contributed by atoms with E-state index < -0.39 is 0 Å². The van der Waals surface area contributed by atoms with Gasteiger partial charge < -0.3 is 14.8 Å². The molecule has 1 aromatic carbocycles. The van der Waals surface area contributed by atoms with E-state index in [0.29, 0.717) is 17.2 Å². The fourth-order valence-corrected chi connectivity index (χ4v) is 1.17. The Balaban J connectivity index is 2.92. The zero-order valence-electron chi connectivity index (χ0n) is 8.61. The molecule has 0 aliphatic heterocycles. The Bertz CT molecular complexity index is 355. The van der Waals surface area contributed by atoms with Crippen LogP contribution >= 0.6 is 12.6 Å². The van der Waals surface area contributed by atoms with Crippen molar-refractivity contribution in [2.45, 2.75) is 0 Å². The third-order valence-electron chi connectivity index (χ3n) is 1.83. The van der Waals surface area contributed by atoms with Crippen molar-refractivity contribution >= 4 is 24.2 Å². The molecule has 0 aliphatic rings. The lowest BCUT2D eigenvalue weighted by molar-refractivity contribution is -0.113. The number of hydrogen-bond acceptors (Lipinski definition) is 4. The van der Waals surface area contributed by atoms with Crippen LogP contribution in [0.2, 0.25) is 0 Å². The first-order valence-corrected chi connectivity index (χ1v) is 4.97. The standard InChI is InChI=1S/C10H13NO3S/c1-13-7-3-4-8(9(5-7)14-2)11-10(12)6-15/h3-5,15H,6H2,1-2H3,(H,11,12). The van der Waals surface area contributed by atoms with Gasteiger partial charge in [0.2, 0.25) is 5.91 Å². The molecule has 0 bridgehead atoms. The molecule has 1 N–H and O–H groups in total. The average Bonchev–Trinajstić information content (AvgIpc) is 2.29. The largest absolute Gasteiger partial charge is 0.497 e. The summed E-state index contributed by atoms with van der Waals surface area (Å²) in [5.41, 5.74) is 0.609. The Morgan fingerprint density at radius 1 is 1.40 bits per heavy atom. The van der Waals surface area contributed by atoms with Crippen LogP contribution in [0.15, 0.2) is 18.2 Å². The van der Waals surface area contributed by atoms with Gasteiger partial charge in [-0.2, -0.15) is 12.6 Å². The first-order valence-electron chi connectivity index (χ1n) is 4.34. The highest BCUT2D eigenvalue weighted by atomic mass is 32.1. The number of methoxy groups -OCH3 is 2. The number of thiol groups is 1. The molecule has 0 saturated heterocycles. The monoisotopic (exact) mass is 227 g/mol. The van der Waals surface area contributed by atoms with Gasteiger partial charge in [-0.25, -0.2) is 0 Å². The van der Waals surface area contributed by atoms with Crippen molar-refractivity contribution in [3.05, 3.63) is 18.2 Å². The van der Waals surface area contributed by atoms with E-state index in [-0.39, 0.29) is 11.7 Å². The molecule has 82 valence electrons. The van der Waals surface area contributed by atoms with Crippen molar-refractivity contribution in [3.63, 3.8) is 0 Å². The third-order valence-corrected chi connectivity index (χ3v) is 2.11. The molecule has 0 saturated carbocycles. The first kappa shape index (κ1) is 11.7. The summed E-state index contributed by atoms with van der Waals surface area (Å²) in [6.45, 7) is 0. The molecule has 0 radical (unpaired) electrons. The molecule has 4 nitrogen and oxygen atoms in total. The lowest BCUT2D eigenvalue weighted by Crippen LogP contribution is -2.13. The van der Waals surface area contributed by atoms with Crippen molar-refractivity contribution in [3.8, 4) is 11.5 Å². The van der Waals surface area contributed by atoms with Gasteiger partial charge in [-0.1, -0.05) is 0 Å². The zero-order chi connectivity index (χ0) is 11.3. The third kappa shape index (κ3) is 3.06. The number of nitrogens with one attached hydrogen (secondary N) is 1. The van der Waals surface area contributed by atoms with Crippen LogP contribution in [0.4, 0.5) is 5.69 Å². The second-order valence-corrected chi connectivity index (χ2v) is 3.09. The SMILES string of the molecule is COc1ccc(NC(=O)CS)c(OC)c1. The molecule has 0 heterocycles. The Morgan fingerprint density at radius 2 is 2.13 bits per heavy atom. The molecule has 0 unspecified atom stereocenters. The summed E-state index contributed by atoms with van der Waals surface area (Å²) in [5, 5.41) is 2.67. The topological polar surface area (TPSA) is 47.6 Å². The summed E-state index contributed by atoms with van der Waals surface area (Å²) in [6.07, 6.45) is 0. The summed E-state index contributed by atoms with van der Waals surface area (Å²) in [4.78, 5) is 11.1. The molecule has 5 heteroatoms. The van der Waals surface area contributed by atoms with Crippen LogP contribution in [0.5, 0.6) is 11.5 Å². The molecule has 0 atom stereocenters. The van der Waals surface area contributed by atoms with Gasteiger partial charge in [0.15, 0.2) is 0 Å². The van der Waals surface area contributed by atoms with Gasteiger partial charge >= 0.3 is 0 Å². The number of carbonyl (C=O) groups is 1. The first-order chi connectivity index (χ1) is 7.21. The second-order valence-electron chi connectivity index (χ2n) is 2.77. The Labute approximate surface area is 94.0 Å². The van der Waals surface area contributed by atoms with E-state index in [0.717, 1.165) is 0 Å². The minimum Gasteiger partial charge on any atom is -0.497 e. The molecule has 15 heavy (non-hydrogen) atoms. The van der Waals surface area contributed by atoms with Gasteiger partial charge in [-0.15, -0.1) is 0 Å². The highest BCUT2D eigenvalue weighted by Gasteiger charge is 2.07. The van der Waals surface area contributed by atoms with Gasteiger partial charge in [0.05, 0.1) is 25.7 Å². The lowest BCUT2D eigenvalue weighted by Gasteiger charge is -2.10. The van der Waals surface area contributed by atoms with E-state index in [1.54, 1.807) is 25.3 Å². The molecule has 1 rings (SSSR count). The van der Waals surface area contributed by atoms with Crippen LogP contribution in [0.3, 0.4) is 0 Å². The lowest BCUT2D eigenvalue weighted by atomic mass is 10.2. The number of hydrogen-bond donors (Lipinski definition) is 2. The highest BCUT2D eigenvalue weighted by Crippen LogP contribution is 2.28. The van der Waals surface area contributed by atoms with Crippen molar-refractivity contribution in [2.24, 2.45) is 0 Å². The number of benzene rings is 1. The fourth-order valence-electron chi connectivity index (χ4n) is 1.09. The summed E-state index contributed by atoms with van der Waals surface area (Å²) < 4.78 is 10.1. The van der Waals surface area contributed by atoms with E-state index in [4.69, 9.17) is 9.47 Å². The number of ether oxygens (including phenoxy) is 2. The number of rotatable bonds is 4. The van der Waals surface area contributed by atoms with E-state index in [2.05, 4.69) is 17.9 Å². The maximum atomic E-state index is 11.1. The normalized spacial score (nSPS) is 9.53. The van der Waals surface area contributed by atoms with Gasteiger partial charge in [0, 0.05) is 6.07 Å². The van der Waals surface area contributed by atoms with Crippen LogP contribution < -0.4 is 14.8 Å². The van der Waals surface area contributed by atoms with Gasteiger partial charge in [0.25, 0.3) is 0 Å². The van der Waals surface area contributed by atoms with Crippen molar-refractivity contribution in [1.29, 1.82) is 0 Å². The summed E-state index contributed by atoms with van der Waals surface area (Å²) in [6, 6.07) is 5.17. The minimum absolute atomic E-state index is 0.134. The number of anilines is 1. The van der Waals surface area contributed by atoms with Crippen molar-refractivity contribution < 1.29 is 14.3 Å². The zero-order valence-corrected chi connectivity index (χ0v) is 9.51. The Morgan fingerprint density at radius 3 is 2.67 bits per heavy atom. The fraction of sp³-hybridized carbons (Fsp3) is 0.300. The molecule has 0 aliphatic carbocycles. The molecule has 0 aromatic heterocycles. The van der Waals surface area contributed by atoms with Crippen LogP contribution in [0, 0.1) is 0 Å². The quantitative estimate of drug-likeness (QED) is 0.768.